The summed E-state index contributed by atoms with van der Waals surface area (Å²) >= 11 is 0. The SMILES string of the molecule is Cc1cccc(F)c1NS(=O)(=O)c1cccc(CO)c1C. The van der Waals surface area contributed by atoms with Crippen LogP contribution in [0.4, 0.5) is 10.1 Å². The van der Waals surface area contributed by atoms with Crippen molar-refractivity contribution < 1.29 is 17.9 Å². The van der Waals surface area contributed by atoms with Crippen molar-refractivity contribution in [3.63, 3.8) is 0 Å². The van der Waals surface area contributed by atoms with Crippen molar-refractivity contribution in [2.24, 2.45) is 0 Å². The number of para-hydroxylation sites is 1. The second kappa shape index (κ2) is 5.83. The number of hydrogen-bond donors (Lipinski definition) is 2. The number of nitrogens with one attached hydrogen (secondary N) is 1. The minimum absolute atomic E-state index is 0.0247. The van der Waals surface area contributed by atoms with Crippen molar-refractivity contribution in [3.8, 4) is 0 Å². The molecule has 0 aliphatic carbocycles. The Morgan fingerprint density at radius 2 is 1.81 bits per heavy atom. The van der Waals surface area contributed by atoms with E-state index in [0.717, 1.165) is 0 Å². The van der Waals surface area contributed by atoms with Gasteiger partial charge in [0.25, 0.3) is 10.0 Å². The third-order valence-corrected chi connectivity index (χ3v) is 4.81. The Balaban J connectivity index is 2.49. The number of halogens is 1. The molecule has 0 fully saturated rings. The summed E-state index contributed by atoms with van der Waals surface area (Å²) in [5.41, 5.74) is 1.39. The third kappa shape index (κ3) is 3.06. The average Bonchev–Trinajstić information content (AvgIpc) is 2.43. The fourth-order valence-corrected chi connectivity index (χ4v) is 3.50. The Labute approximate surface area is 123 Å². The van der Waals surface area contributed by atoms with E-state index < -0.39 is 15.8 Å². The van der Waals surface area contributed by atoms with Crippen molar-refractivity contribution in [3.05, 3.63) is 58.9 Å². The normalized spacial score (nSPS) is 11.4. The molecule has 2 N–H and O–H groups in total. The van der Waals surface area contributed by atoms with Gasteiger partial charge in [-0.2, -0.15) is 0 Å². The number of benzene rings is 2. The molecule has 2 rings (SSSR count). The van der Waals surface area contributed by atoms with E-state index in [1.807, 2.05) is 0 Å². The van der Waals surface area contributed by atoms with E-state index in [9.17, 15) is 17.9 Å². The van der Waals surface area contributed by atoms with Crippen LogP contribution in [0.25, 0.3) is 0 Å². The number of rotatable bonds is 4. The lowest BCUT2D eigenvalue weighted by Gasteiger charge is -2.14. The summed E-state index contributed by atoms with van der Waals surface area (Å²) in [6.07, 6.45) is 0. The zero-order valence-corrected chi connectivity index (χ0v) is 12.5. The van der Waals surface area contributed by atoms with Gasteiger partial charge in [-0.25, -0.2) is 12.8 Å². The van der Waals surface area contributed by atoms with Crippen LogP contribution in [0.2, 0.25) is 0 Å². The van der Waals surface area contributed by atoms with E-state index in [0.29, 0.717) is 16.7 Å². The van der Waals surface area contributed by atoms with E-state index in [-0.39, 0.29) is 17.2 Å². The number of anilines is 1. The van der Waals surface area contributed by atoms with Gasteiger partial charge < -0.3 is 5.11 Å². The van der Waals surface area contributed by atoms with Crippen LogP contribution >= 0.6 is 0 Å². The molecule has 0 aromatic heterocycles. The van der Waals surface area contributed by atoms with Crippen molar-refractivity contribution in [2.45, 2.75) is 25.3 Å². The summed E-state index contributed by atoms with van der Waals surface area (Å²) in [6.45, 7) is 2.97. The van der Waals surface area contributed by atoms with Crippen LogP contribution in [0.15, 0.2) is 41.3 Å². The lowest BCUT2D eigenvalue weighted by molar-refractivity contribution is 0.280. The molecule has 0 unspecified atom stereocenters. The van der Waals surface area contributed by atoms with Crippen molar-refractivity contribution in [1.29, 1.82) is 0 Å². The molecule has 0 spiro atoms. The van der Waals surface area contributed by atoms with Gasteiger partial charge in [0, 0.05) is 0 Å². The van der Waals surface area contributed by atoms with Crippen molar-refractivity contribution in [1.82, 2.24) is 0 Å². The van der Waals surface area contributed by atoms with Gasteiger partial charge in [-0.1, -0.05) is 24.3 Å². The number of aliphatic hydroxyl groups excluding tert-OH is 1. The summed E-state index contributed by atoms with van der Waals surface area (Å²) in [5, 5.41) is 9.21. The van der Waals surface area contributed by atoms with Gasteiger partial charge in [0.05, 0.1) is 17.2 Å². The summed E-state index contributed by atoms with van der Waals surface area (Å²) in [7, 11) is -3.92. The summed E-state index contributed by atoms with van der Waals surface area (Å²) in [6, 6.07) is 8.94. The number of sulfonamides is 1. The standard InChI is InChI=1S/C15H16FNO3S/c1-10-5-3-7-13(16)15(10)17-21(19,20)14-8-4-6-12(9-18)11(14)2/h3-8,17-18H,9H2,1-2H3. The molecular formula is C15H16FNO3S. The first-order chi connectivity index (χ1) is 9.86. The molecule has 112 valence electrons. The zero-order valence-electron chi connectivity index (χ0n) is 11.7. The molecule has 0 amide bonds. The highest BCUT2D eigenvalue weighted by Crippen LogP contribution is 2.25. The molecule has 0 bridgehead atoms. The van der Waals surface area contributed by atoms with Crippen LogP contribution in [-0.4, -0.2) is 13.5 Å². The fourth-order valence-electron chi connectivity index (χ4n) is 2.07. The van der Waals surface area contributed by atoms with E-state index in [1.54, 1.807) is 32.0 Å². The minimum Gasteiger partial charge on any atom is -0.392 e. The van der Waals surface area contributed by atoms with Gasteiger partial charge in [0.2, 0.25) is 0 Å². The Morgan fingerprint density at radius 3 is 2.43 bits per heavy atom. The zero-order chi connectivity index (χ0) is 15.6. The van der Waals surface area contributed by atoms with Crippen LogP contribution in [-0.2, 0) is 16.6 Å². The Bertz CT molecular complexity index is 752. The molecule has 2 aromatic carbocycles. The molecule has 0 aliphatic heterocycles. The molecule has 0 saturated carbocycles. The monoisotopic (exact) mass is 309 g/mol. The number of aryl methyl sites for hydroxylation is 1. The molecule has 4 nitrogen and oxygen atoms in total. The van der Waals surface area contributed by atoms with Crippen LogP contribution < -0.4 is 4.72 Å². The molecular weight excluding hydrogens is 293 g/mol. The largest absolute Gasteiger partial charge is 0.392 e. The lowest BCUT2D eigenvalue weighted by atomic mass is 10.1. The van der Waals surface area contributed by atoms with Gasteiger partial charge in [-0.3, -0.25) is 4.72 Å². The molecule has 0 aliphatic rings. The van der Waals surface area contributed by atoms with Crippen molar-refractivity contribution >= 4 is 15.7 Å². The second-order valence-electron chi connectivity index (χ2n) is 4.74. The minimum atomic E-state index is -3.92. The van der Waals surface area contributed by atoms with Crippen LogP contribution in [0.5, 0.6) is 0 Å². The van der Waals surface area contributed by atoms with Gasteiger partial charge in [0.15, 0.2) is 0 Å². The average molecular weight is 309 g/mol. The molecule has 2 aromatic rings. The second-order valence-corrected chi connectivity index (χ2v) is 6.39. The van der Waals surface area contributed by atoms with Crippen LogP contribution in [0.3, 0.4) is 0 Å². The molecule has 0 heterocycles. The summed E-state index contributed by atoms with van der Waals surface area (Å²) in [5.74, 6) is -0.630. The van der Waals surface area contributed by atoms with Crippen LogP contribution in [0, 0.1) is 19.7 Å². The number of aliphatic hydroxyl groups is 1. The van der Waals surface area contributed by atoms with E-state index in [1.165, 1.54) is 18.2 Å². The maximum Gasteiger partial charge on any atom is 0.262 e. The predicted octanol–water partition coefficient (Wildman–Crippen LogP) is 2.74. The van der Waals surface area contributed by atoms with E-state index in [2.05, 4.69) is 4.72 Å². The van der Waals surface area contributed by atoms with E-state index >= 15 is 0 Å². The number of hydrogen-bond acceptors (Lipinski definition) is 3. The summed E-state index contributed by atoms with van der Waals surface area (Å²) < 4.78 is 40.9. The van der Waals surface area contributed by atoms with Gasteiger partial charge in [0.1, 0.15) is 5.82 Å². The Morgan fingerprint density at radius 1 is 1.14 bits per heavy atom. The molecule has 0 radical (unpaired) electrons. The van der Waals surface area contributed by atoms with Crippen molar-refractivity contribution in [2.75, 3.05) is 4.72 Å². The highest BCUT2D eigenvalue weighted by Gasteiger charge is 2.20. The first-order valence-corrected chi connectivity index (χ1v) is 7.82. The smallest absolute Gasteiger partial charge is 0.262 e. The maximum absolute atomic E-state index is 13.8. The van der Waals surface area contributed by atoms with E-state index in [4.69, 9.17) is 0 Å². The Hall–Kier alpha value is -1.92. The lowest BCUT2D eigenvalue weighted by Crippen LogP contribution is -2.16. The predicted molar refractivity (Wildman–Crippen MR) is 79.0 cm³/mol. The fraction of sp³-hybridized carbons (Fsp3) is 0.200. The Kier molecular flexibility index (Phi) is 4.29. The first kappa shape index (κ1) is 15.5. The molecule has 0 atom stereocenters. The quantitative estimate of drug-likeness (QED) is 0.912. The highest BCUT2D eigenvalue weighted by molar-refractivity contribution is 7.92. The highest BCUT2D eigenvalue weighted by atomic mass is 32.2. The van der Waals surface area contributed by atoms with Gasteiger partial charge in [-0.15, -0.1) is 0 Å². The van der Waals surface area contributed by atoms with Gasteiger partial charge in [-0.05, 0) is 42.7 Å². The molecule has 21 heavy (non-hydrogen) atoms. The first-order valence-electron chi connectivity index (χ1n) is 6.34. The topological polar surface area (TPSA) is 66.4 Å². The summed E-state index contributed by atoms with van der Waals surface area (Å²) in [4.78, 5) is 0.0247. The maximum atomic E-state index is 13.8. The molecule has 6 heteroatoms. The third-order valence-electron chi connectivity index (χ3n) is 3.31. The molecule has 0 saturated heterocycles. The van der Waals surface area contributed by atoms with Gasteiger partial charge >= 0.3 is 0 Å². The van der Waals surface area contributed by atoms with Crippen LogP contribution in [0.1, 0.15) is 16.7 Å².